The van der Waals surface area contributed by atoms with Crippen molar-refractivity contribution < 1.29 is 5.11 Å². The van der Waals surface area contributed by atoms with Crippen LogP contribution in [0.5, 0.6) is 0 Å². The van der Waals surface area contributed by atoms with E-state index in [-0.39, 0.29) is 0 Å². The maximum Gasteiger partial charge on any atom is 0.226 e. The van der Waals surface area contributed by atoms with Gasteiger partial charge in [0.15, 0.2) is 5.65 Å². The lowest BCUT2D eigenvalue weighted by atomic mass is 10.1. The number of nitrogens with one attached hydrogen (secondary N) is 1. The fourth-order valence-electron chi connectivity index (χ4n) is 2.84. The van der Waals surface area contributed by atoms with Crippen molar-refractivity contribution in [2.45, 2.75) is 25.4 Å². The lowest BCUT2D eigenvalue weighted by molar-refractivity contribution is 0.109. The van der Waals surface area contributed by atoms with Crippen LogP contribution in [0.2, 0.25) is 0 Å². The molecular weight excluding hydrogens is 282 g/mol. The molecule has 4 N–H and O–H groups in total. The molecule has 0 amide bonds. The molecule has 3 heterocycles. The van der Waals surface area contributed by atoms with Crippen LogP contribution in [0.15, 0.2) is 6.20 Å². The number of hydrogen-bond donors (Lipinski definition) is 3. The second-order valence-electron chi connectivity index (χ2n) is 5.83. The van der Waals surface area contributed by atoms with E-state index in [1.807, 2.05) is 7.05 Å². The Hall–Kier alpha value is -1.93. The van der Waals surface area contributed by atoms with Crippen molar-refractivity contribution in [3.05, 3.63) is 6.20 Å². The summed E-state index contributed by atoms with van der Waals surface area (Å²) < 4.78 is 1.66. The first-order valence-electron chi connectivity index (χ1n) is 7.73. The average molecular weight is 305 g/mol. The summed E-state index contributed by atoms with van der Waals surface area (Å²) in [6.45, 7) is 3.22. The lowest BCUT2D eigenvalue weighted by Crippen LogP contribution is -2.39. The molecule has 1 aliphatic rings. The Morgan fingerprint density at radius 2 is 2.09 bits per heavy atom. The zero-order valence-electron chi connectivity index (χ0n) is 12.9. The number of nitrogens with zero attached hydrogens (tertiary/aromatic N) is 5. The van der Waals surface area contributed by atoms with Crippen molar-refractivity contribution in [1.29, 1.82) is 0 Å². The normalized spacial score (nSPS) is 17.7. The summed E-state index contributed by atoms with van der Waals surface area (Å²) in [5.41, 5.74) is 6.59. The van der Waals surface area contributed by atoms with E-state index in [0.717, 1.165) is 18.5 Å². The van der Waals surface area contributed by atoms with Gasteiger partial charge in [0, 0.05) is 20.1 Å². The van der Waals surface area contributed by atoms with Crippen LogP contribution >= 0.6 is 0 Å². The molecule has 120 valence electrons. The number of aliphatic hydroxyl groups is 1. The third-order valence-electron chi connectivity index (χ3n) is 4.04. The smallest absolute Gasteiger partial charge is 0.226 e. The van der Waals surface area contributed by atoms with Crippen LogP contribution in [0.1, 0.15) is 19.3 Å². The van der Waals surface area contributed by atoms with Gasteiger partial charge in [0.05, 0.1) is 17.7 Å². The second-order valence-corrected chi connectivity index (χ2v) is 5.83. The molecule has 0 radical (unpaired) electrons. The lowest BCUT2D eigenvalue weighted by Gasteiger charge is -2.28. The molecule has 1 aliphatic heterocycles. The van der Waals surface area contributed by atoms with Crippen LogP contribution in [0, 0.1) is 0 Å². The quantitative estimate of drug-likeness (QED) is 0.725. The Kier molecular flexibility index (Phi) is 4.39. The van der Waals surface area contributed by atoms with Crippen LogP contribution in [0.25, 0.3) is 11.0 Å². The van der Waals surface area contributed by atoms with Crippen LogP contribution in [-0.4, -0.2) is 62.0 Å². The molecule has 2 aromatic rings. The number of aromatic nitrogens is 4. The largest absolute Gasteiger partial charge is 0.390 e. The van der Waals surface area contributed by atoms with Crippen molar-refractivity contribution >= 4 is 22.8 Å². The van der Waals surface area contributed by atoms with Gasteiger partial charge in [0.25, 0.3) is 0 Å². The van der Waals surface area contributed by atoms with Gasteiger partial charge in [-0.25, -0.2) is 0 Å². The number of fused-ring (bicyclic) bond motifs is 1. The molecular formula is C14H23N7O. The Morgan fingerprint density at radius 1 is 1.32 bits per heavy atom. The maximum absolute atomic E-state index is 10.2. The van der Waals surface area contributed by atoms with E-state index in [1.165, 1.54) is 19.3 Å². The number of nitrogen functional groups attached to an aromatic ring is 1. The van der Waals surface area contributed by atoms with Gasteiger partial charge in [-0.05, 0) is 25.9 Å². The fourth-order valence-corrected chi connectivity index (χ4v) is 2.84. The Labute approximate surface area is 129 Å². The topological polar surface area (TPSA) is 105 Å². The maximum atomic E-state index is 10.2. The van der Waals surface area contributed by atoms with E-state index in [9.17, 15) is 5.11 Å². The van der Waals surface area contributed by atoms with Crippen molar-refractivity contribution in [1.82, 2.24) is 24.6 Å². The van der Waals surface area contributed by atoms with Gasteiger partial charge in [-0.2, -0.15) is 15.1 Å². The molecule has 1 atom stereocenters. The van der Waals surface area contributed by atoms with E-state index < -0.39 is 6.10 Å². The van der Waals surface area contributed by atoms with Gasteiger partial charge in [0.1, 0.15) is 5.82 Å². The van der Waals surface area contributed by atoms with Gasteiger partial charge >= 0.3 is 0 Å². The molecule has 22 heavy (non-hydrogen) atoms. The second kappa shape index (κ2) is 6.45. The Bertz CT molecular complexity index is 635. The number of aryl methyl sites for hydroxylation is 1. The van der Waals surface area contributed by atoms with Crippen LogP contribution in [-0.2, 0) is 7.05 Å². The summed E-state index contributed by atoms with van der Waals surface area (Å²) in [6, 6.07) is 0. The van der Waals surface area contributed by atoms with Gasteiger partial charge < -0.3 is 21.1 Å². The highest BCUT2D eigenvalue weighted by atomic mass is 16.3. The van der Waals surface area contributed by atoms with Crippen LogP contribution in [0.3, 0.4) is 0 Å². The third-order valence-corrected chi connectivity index (χ3v) is 4.04. The summed E-state index contributed by atoms with van der Waals surface area (Å²) in [6.07, 6.45) is 4.93. The minimum atomic E-state index is -0.454. The zero-order chi connectivity index (χ0) is 15.5. The molecule has 1 saturated heterocycles. The highest BCUT2D eigenvalue weighted by molar-refractivity contribution is 5.86. The molecule has 0 bridgehead atoms. The van der Waals surface area contributed by atoms with Crippen molar-refractivity contribution in [3.8, 4) is 0 Å². The summed E-state index contributed by atoms with van der Waals surface area (Å²) in [5, 5.41) is 18.1. The fraction of sp³-hybridized carbons (Fsp3) is 0.643. The minimum absolute atomic E-state index is 0.395. The van der Waals surface area contributed by atoms with Gasteiger partial charge in [-0.3, -0.25) is 4.68 Å². The van der Waals surface area contributed by atoms with E-state index in [0.29, 0.717) is 30.5 Å². The Morgan fingerprint density at radius 3 is 2.86 bits per heavy atom. The van der Waals surface area contributed by atoms with Gasteiger partial charge in [0.2, 0.25) is 5.95 Å². The van der Waals surface area contributed by atoms with E-state index in [1.54, 1.807) is 10.9 Å². The first-order valence-corrected chi connectivity index (χ1v) is 7.73. The number of rotatable bonds is 5. The molecule has 1 unspecified atom stereocenters. The highest BCUT2D eigenvalue weighted by Gasteiger charge is 2.15. The molecule has 0 aromatic carbocycles. The highest BCUT2D eigenvalue weighted by Crippen LogP contribution is 2.18. The number of piperidine rings is 1. The van der Waals surface area contributed by atoms with Crippen LogP contribution < -0.4 is 11.1 Å². The summed E-state index contributed by atoms with van der Waals surface area (Å²) in [4.78, 5) is 10.9. The SMILES string of the molecule is Cn1ncc2c(N)nc(NCC(O)CN3CCCCC3)nc21. The number of β-amino-alcohol motifs (C(OH)–C–C–N with tert-alkyl or cyclic N) is 1. The molecule has 8 heteroatoms. The van der Waals surface area contributed by atoms with Crippen molar-refractivity contribution in [3.63, 3.8) is 0 Å². The number of hydrogen-bond acceptors (Lipinski definition) is 7. The monoisotopic (exact) mass is 305 g/mol. The van der Waals surface area contributed by atoms with E-state index in [4.69, 9.17) is 5.73 Å². The first-order chi connectivity index (χ1) is 10.6. The summed E-state index contributed by atoms with van der Waals surface area (Å²) in [7, 11) is 1.81. The number of nitrogens with two attached hydrogens (primary N) is 1. The first kappa shape index (κ1) is 15.0. The van der Waals surface area contributed by atoms with Crippen molar-refractivity contribution in [2.24, 2.45) is 7.05 Å². The third kappa shape index (κ3) is 3.28. The predicted octanol–water partition coefficient (Wildman–Crippen LogP) is 0.204. The Balaban J connectivity index is 1.59. The average Bonchev–Trinajstić information content (AvgIpc) is 2.88. The number of anilines is 2. The standard InChI is InChI=1S/C14H23N7O/c1-20-13-11(8-17-20)12(15)18-14(19-13)16-7-10(22)9-21-5-3-2-4-6-21/h8,10,22H,2-7,9H2,1H3,(H3,15,16,18,19). The van der Waals surface area contributed by atoms with E-state index in [2.05, 4.69) is 25.3 Å². The molecule has 0 aliphatic carbocycles. The van der Waals surface area contributed by atoms with E-state index >= 15 is 0 Å². The molecule has 1 fully saturated rings. The summed E-state index contributed by atoms with van der Waals surface area (Å²) in [5.74, 6) is 0.817. The zero-order valence-corrected chi connectivity index (χ0v) is 12.9. The minimum Gasteiger partial charge on any atom is -0.390 e. The number of likely N-dealkylation sites (tertiary alicyclic amines) is 1. The summed E-state index contributed by atoms with van der Waals surface area (Å²) >= 11 is 0. The molecule has 0 saturated carbocycles. The van der Waals surface area contributed by atoms with Crippen molar-refractivity contribution in [2.75, 3.05) is 37.2 Å². The van der Waals surface area contributed by atoms with Crippen LogP contribution in [0.4, 0.5) is 11.8 Å². The van der Waals surface area contributed by atoms with Gasteiger partial charge in [-0.15, -0.1) is 0 Å². The predicted molar refractivity (Wildman–Crippen MR) is 85.5 cm³/mol. The molecule has 0 spiro atoms. The molecule has 3 rings (SSSR count). The molecule has 2 aromatic heterocycles. The number of aliphatic hydroxyl groups excluding tert-OH is 1. The van der Waals surface area contributed by atoms with Gasteiger partial charge in [-0.1, -0.05) is 6.42 Å². The molecule has 8 nitrogen and oxygen atoms in total.